The van der Waals surface area contributed by atoms with Gasteiger partial charge in [-0.25, -0.2) is 4.68 Å². The second-order valence-electron chi connectivity index (χ2n) is 5.50. The van der Waals surface area contributed by atoms with Crippen molar-refractivity contribution in [2.24, 2.45) is 0 Å². The molecular formula is C18H13BrF3N3O. The summed E-state index contributed by atoms with van der Waals surface area (Å²) in [5.41, 5.74) is 0.00566. The number of hydrogen-bond acceptors (Lipinski definition) is 2. The van der Waals surface area contributed by atoms with E-state index in [1.54, 1.807) is 10.7 Å². The van der Waals surface area contributed by atoms with Gasteiger partial charge in [0.05, 0.1) is 18.3 Å². The van der Waals surface area contributed by atoms with Gasteiger partial charge in [0.1, 0.15) is 5.82 Å². The summed E-state index contributed by atoms with van der Waals surface area (Å²) >= 11 is 3.45. The van der Waals surface area contributed by atoms with E-state index in [1.807, 2.05) is 24.3 Å². The normalized spacial score (nSPS) is 11.4. The third kappa shape index (κ3) is 4.13. The molecule has 3 rings (SSSR count). The minimum absolute atomic E-state index is 0.0755. The molecule has 0 spiro atoms. The lowest BCUT2D eigenvalue weighted by Gasteiger charge is -2.11. The molecule has 0 bridgehead atoms. The summed E-state index contributed by atoms with van der Waals surface area (Å²) in [5.74, 6) is -0.242. The number of amides is 1. The van der Waals surface area contributed by atoms with E-state index in [0.29, 0.717) is 12.4 Å². The topological polar surface area (TPSA) is 46.9 Å². The van der Waals surface area contributed by atoms with Gasteiger partial charge in [-0.05, 0) is 29.8 Å². The molecule has 0 saturated heterocycles. The Kier molecular flexibility index (Phi) is 5.13. The molecular weight excluding hydrogens is 411 g/mol. The molecule has 26 heavy (non-hydrogen) atoms. The first-order chi connectivity index (χ1) is 12.3. The number of aromatic nitrogens is 2. The number of anilines is 1. The fourth-order valence-corrected chi connectivity index (χ4v) is 2.79. The molecule has 0 aliphatic heterocycles. The highest BCUT2D eigenvalue weighted by Crippen LogP contribution is 2.29. The second kappa shape index (κ2) is 7.33. The van der Waals surface area contributed by atoms with Crippen LogP contribution in [0.1, 0.15) is 21.5 Å². The van der Waals surface area contributed by atoms with Gasteiger partial charge in [-0.2, -0.15) is 18.3 Å². The number of benzene rings is 2. The number of carbonyl (C=O) groups excluding carboxylic acids is 1. The quantitative estimate of drug-likeness (QED) is 0.644. The average Bonchev–Trinajstić information content (AvgIpc) is 3.03. The van der Waals surface area contributed by atoms with E-state index in [4.69, 9.17) is 0 Å². The van der Waals surface area contributed by atoms with Crippen LogP contribution in [0.15, 0.2) is 65.3 Å². The number of nitrogens with one attached hydrogen (secondary N) is 1. The Balaban J connectivity index is 1.79. The summed E-state index contributed by atoms with van der Waals surface area (Å²) in [6, 6.07) is 13.4. The number of halogens is 4. The zero-order valence-electron chi connectivity index (χ0n) is 13.3. The zero-order chi connectivity index (χ0) is 18.7. The minimum atomic E-state index is -4.50. The van der Waals surface area contributed by atoms with Crippen molar-refractivity contribution in [2.75, 3.05) is 5.32 Å². The summed E-state index contributed by atoms with van der Waals surface area (Å²) in [4.78, 5) is 12.3. The third-order valence-corrected chi connectivity index (χ3v) is 4.46. The van der Waals surface area contributed by atoms with Gasteiger partial charge in [0.25, 0.3) is 5.91 Å². The monoisotopic (exact) mass is 423 g/mol. The molecule has 0 aliphatic rings. The Morgan fingerprint density at radius 2 is 1.88 bits per heavy atom. The SMILES string of the molecule is O=C(Nc1ccnn1Cc1ccccc1Br)c1cccc(C(F)(F)F)c1. The highest BCUT2D eigenvalue weighted by atomic mass is 79.9. The number of hydrogen-bond donors (Lipinski definition) is 1. The first kappa shape index (κ1) is 18.2. The molecule has 134 valence electrons. The van der Waals surface area contributed by atoms with Crippen molar-refractivity contribution in [3.8, 4) is 0 Å². The van der Waals surface area contributed by atoms with E-state index in [9.17, 15) is 18.0 Å². The van der Waals surface area contributed by atoms with E-state index in [-0.39, 0.29) is 5.56 Å². The van der Waals surface area contributed by atoms with Crippen LogP contribution in [0.2, 0.25) is 0 Å². The Morgan fingerprint density at radius 3 is 2.62 bits per heavy atom. The van der Waals surface area contributed by atoms with Crippen LogP contribution in [0.5, 0.6) is 0 Å². The van der Waals surface area contributed by atoms with Crippen molar-refractivity contribution >= 4 is 27.7 Å². The van der Waals surface area contributed by atoms with Crippen molar-refractivity contribution in [1.29, 1.82) is 0 Å². The lowest BCUT2D eigenvalue weighted by atomic mass is 10.1. The average molecular weight is 424 g/mol. The van der Waals surface area contributed by atoms with Crippen LogP contribution in [-0.2, 0) is 12.7 Å². The molecule has 1 heterocycles. The fourth-order valence-electron chi connectivity index (χ4n) is 2.38. The first-order valence-corrected chi connectivity index (χ1v) is 8.38. The van der Waals surface area contributed by atoms with E-state index >= 15 is 0 Å². The lowest BCUT2D eigenvalue weighted by Crippen LogP contribution is -2.17. The second-order valence-corrected chi connectivity index (χ2v) is 6.35. The summed E-state index contributed by atoms with van der Waals surface area (Å²) in [6.45, 7) is 0.395. The minimum Gasteiger partial charge on any atom is -0.307 e. The van der Waals surface area contributed by atoms with Crippen LogP contribution < -0.4 is 5.32 Å². The van der Waals surface area contributed by atoms with Gasteiger partial charge < -0.3 is 5.32 Å². The van der Waals surface area contributed by atoms with Crippen molar-refractivity contribution in [3.63, 3.8) is 0 Å². The molecule has 1 N–H and O–H groups in total. The molecule has 0 saturated carbocycles. The summed E-state index contributed by atoms with van der Waals surface area (Å²) in [6.07, 6.45) is -2.99. The van der Waals surface area contributed by atoms with Gasteiger partial charge in [0.2, 0.25) is 0 Å². The van der Waals surface area contributed by atoms with Gasteiger partial charge in [-0.1, -0.05) is 40.2 Å². The van der Waals surface area contributed by atoms with Gasteiger partial charge in [0.15, 0.2) is 0 Å². The summed E-state index contributed by atoms with van der Waals surface area (Å²) < 4.78 is 40.9. The zero-order valence-corrected chi connectivity index (χ0v) is 14.9. The highest BCUT2D eigenvalue weighted by Gasteiger charge is 2.30. The van der Waals surface area contributed by atoms with Crippen LogP contribution in [-0.4, -0.2) is 15.7 Å². The molecule has 0 atom stereocenters. The standard InChI is InChI=1S/C18H13BrF3N3O/c19-15-7-2-1-4-13(15)11-25-16(8-9-23-25)24-17(26)12-5-3-6-14(10-12)18(20,21)22/h1-10H,11H2,(H,24,26). The predicted octanol–water partition coefficient (Wildman–Crippen LogP) is 4.97. The van der Waals surface area contributed by atoms with E-state index in [0.717, 1.165) is 22.2 Å². The van der Waals surface area contributed by atoms with Crippen molar-refractivity contribution in [1.82, 2.24) is 9.78 Å². The maximum Gasteiger partial charge on any atom is 0.416 e. The van der Waals surface area contributed by atoms with Gasteiger partial charge in [0, 0.05) is 16.1 Å². The van der Waals surface area contributed by atoms with Crippen LogP contribution in [0.3, 0.4) is 0 Å². The Morgan fingerprint density at radius 1 is 1.12 bits per heavy atom. The van der Waals surface area contributed by atoms with Crippen molar-refractivity contribution in [2.45, 2.75) is 12.7 Å². The Labute approximate surface area is 155 Å². The fraction of sp³-hybridized carbons (Fsp3) is 0.111. The molecule has 8 heteroatoms. The van der Waals surface area contributed by atoms with Crippen molar-refractivity contribution < 1.29 is 18.0 Å². The number of nitrogens with zero attached hydrogens (tertiary/aromatic N) is 2. The van der Waals surface area contributed by atoms with Gasteiger partial charge >= 0.3 is 6.18 Å². The van der Waals surface area contributed by atoms with Crippen LogP contribution in [0.4, 0.5) is 19.0 Å². The van der Waals surface area contributed by atoms with E-state index in [2.05, 4.69) is 26.3 Å². The summed E-state index contributed by atoms with van der Waals surface area (Å²) in [5, 5.41) is 6.76. The van der Waals surface area contributed by atoms with Gasteiger partial charge in [-0.15, -0.1) is 0 Å². The summed E-state index contributed by atoms with van der Waals surface area (Å²) in [7, 11) is 0. The lowest BCUT2D eigenvalue weighted by molar-refractivity contribution is -0.137. The maximum absolute atomic E-state index is 12.8. The molecule has 0 radical (unpaired) electrons. The van der Waals surface area contributed by atoms with Crippen molar-refractivity contribution in [3.05, 3.63) is 82.0 Å². The maximum atomic E-state index is 12.8. The smallest absolute Gasteiger partial charge is 0.307 e. The third-order valence-electron chi connectivity index (χ3n) is 3.69. The number of rotatable bonds is 4. The molecule has 0 unspecified atom stereocenters. The number of alkyl halides is 3. The molecule has 4 nitrogen and oxygen atoms in total. The molecule has 2 aromatic carbocycles. The van der Waals surface area contributed by atoms with E-state index < -0.39 is 17.6 Å². The molecule has 0 aliphatic carbocycles. The molecule has 1 amide bonds. The van der Waals surface area contributed by atoms with Crippen LogP contribution >= 0.6 is 15.9 Å². The number of carbonyl (C=O) groups is 1. The molecule has 0 fully saturated rings. The van der Waals surface area contributed by atoms with Crippen LogP contribution in [0, 0.1) is 0 Å². The first-order valence-electron chi connectivity index (χ1n) is 7.58. The Bertz CT molecular complexity index is 937. The molecule has 1 aromatic heterocycles. The van der Waals surface area contributed by atoms with E-state index in [1.165, 1.54) is 18.3 Å². The Hall–Kier alpha value is -2.61. The van der Waals surface area contributed by atoms with Crippen LogP contribution in [0.25, 0.3) is 0 Å². The highest BCUT2D eigenvalue weighted by molar-refractivity contribution is 9.10. The van der Waals surface area contributed by atoms with Gasteiger partial charge in [-0.3, -0.25) is 4.79 Å². The molecule has 3 aromatic rings. The predicted molar refractivity (Wildman–Crippen MR) is 94.9 cm³/mol. The largest absolute Gasteiger partial charge is 0.416 e.